The molecular formula is C14H22N2O2S2. The van der Waals surface area contributed by atoms with E-state index in [1.54, 1.807) is 30.0 Å². The van der Waals surface area contributed by atoms with Gasteiger partial charge in [-0.2, -0.15) is 11.8 Å². The van der Waals surface area contributed by atoms with Crippen molar-refractivity contribution in [3.63, 3.8) is 0 Å². The smallest absolute Gasteiger partial charge is 0.240 e. The first kappa shape index (κ1) is 15.8. The van der Waals surface area contributed by atoms with Crippen molar-refractivity contribution < 1.29 is 8.42 Å². The Morgan fingerprint density at radius 2 is 1.95 bits per heavy atom. The standard InChI is InChI=1S/C14H22N2O2S2/c1-19-14(8-4-5-9-14)11-16-20(17,18)13-7-3-2-6-12(13)10-15/h2-3,6-7,16H,4-5,8-11,15H2,1H3. The molecule has 0 atom stereocenters. The number of rotatable bonds is 6. The van der Waals surface area contributed by atoms with Crippen LogP contribution in [-0.4, -0.2) is 26.0 Å². The Balaban J connectivity index is 2.15. The fraction of sp³-hybridized carbons (Fsp3) is 0.571. The van der Waals surface area contributed by atoms with E-state index in [1.807, 2.05) is 6.07 Å². The molecule has 0 spiro atoms. The van der Waals surface area contributed by atoms with E-state index in [2.05, 4.69) is 11.0 Å². The second-order valence-electron chi connectivity index (χ2n) is 5.23. The SMILES string of the molecule is CSC1(CNS(=O)(=O)c2ccccc2CN)CCCC1. The molecule has 0 unspecified atom stereocenters. The van der Waals surface area contributed by atoms with Gasteiger partial charge >= 0.3 is 0 Å². The highest BCUT2D eigenvalue weighted by atomic mass is 32.2. The van der Waals surface area contributed by atoms with Crippen LogP contribution in [0.2, 0.25) is 0 Å². The van der Waals surface area contributed by atoms with E-state index >= 15 is 0 Å². The molecule has 1 aromatic carbocycles. The van der Waals surface area contributed by atoms with E-state index in [1.165, 1.54) is 12.8 Å². The van der Waals surface area contributed by atoms with Crippen LogP contribution >= 0.6 is 11.8 Å². The van der Waals surface area contributed by atoms with Crippen LogP contribution in [0.25, 0.3) is 0 Å². The minimum Gasteiger partial charge on any atom is -0.326 e. The summed E-state index contributed by atoms with van der Waals surface area (Å²) < 4.78 is 27.7. The summed E-state index contributed by atoms with van der Waals surface area (Å²) in [7, 11) is -3.48. The predicted octanol–water partition coefficient (Wildman–Crippen LogP) is 2.10. The molecule has 1 aliphatic rings. The lowest BCUT2D eigenvalue weighted by Gasteiger charge is -2.27. The molecule has 0 aliphatic heterocycles. The number of hydrogen-bond donors (Lipinski definition) is 2. The van der Waals surface area contributed by atoms with Gasteiger partial charge in [-0.05, 0) is 30.7 Å². The summed E-state index contributed by atoms with van der Waals surface area (Å²) in [6, 6.07) is 6.91. The molecule has 3 N–H and O–H groups in total. The van der Waals surface area contributed by atoms with Crippen molar-refractivity contribution in [1.82, 2.24) is 4.72 Å². The van der Waals surface area contributed by atoms with Gasteiger partial charge in [-0.15, -0.1) is 0 Å². The van der Waals surface area contributed by atoms with E-state index in [0.717, 1.165) is 12.8 Å². The van der Waals surface area contributed by atoms with Gasteiger partial charge in [-0.1, -0.05) is 31.0 Å². The second-order valence-corrected chi connectivity index (χ2v) is 8.24. The van der Waals surface area contributed by atoms with Gasteiger partial charge in [0, 0.05) is 17.8 Å². The average Bonchev–Trinajstić information content (AvgIpc) is 2.95. The molecule has 1 fully saturated rings. The van der Waals surface area contributed by atoms with Gasteiger partial charge < -0.3 is 5.73 Å². The largest absolute Gasteiger partial charge is 0.326 e. The summed E-state index contributed by atoms with van der Waals surface area (Å²) in [6.07, 6.45) is 6.59. The van der Waals surface area contributed by atoms with E-state index in [-0.39, 0.29) is 11.3 Å². The highest BCUT2D eigenvalue weighted by Gasteiger charge is 2.34. The molecule has 0 radical (unpaired) electrons. The van der Waals surface area contributed by atoms with Crippen molar-refractivity contribution in [2.24, 2.45) is 5.73 Å². The number of thioether (sulfide) groups is 1. The van der Waals surface area contributed by atoms with E-state index < -0.39 is 10.0 Å². The van der Waals surface area contributed by atoms with Crippen LogP contribution in [0.15, 0.2) is 29.2 Å². The molecule has 0 heterocycles. The molecule has 6 heteroatoms. The van der Waals surface area contributed by atoms with Crippen LogP contribution in [-0.2, 0) is 16.6 Å². The summed E-state index contributed by atoms with van der Waals surface area (Å²) >= 11 is 1.77. The Kier molecular flexibility index (Phi) is 5.12. The summed E-state index contributed by atoms with van der Waals surface area (Å²) in [5, 5.41) is 0. The maximum Gasteiger partial charge on any atom is 0.240 e. The molecule has 0 aromatic heterocycles. The van der Waals surface area contributed by atoms with Gasteiger partial charge in [0.25, 0.3) is 0 Å². The Morgan fingerprint density at radius 3 is 2.55 bits per heavy atom. The summed E-state index contributed by atoms with van der Waals surface area (Å²) in [6.45, 7) is 0.722. The quantitative estimate of drug-likeness (QED) is 0.843. The van der Waals surface area contributed by atoms with Gasteiger partial charge in [0.1, 0.15) is 0 Å². The minimum atomic E-state index is -3.48. The molecule has 0 saturated heterocycles. The first-order valence-corrected chi connectivity index (χ1v) is 9.57. The normalized spacial score (nSPS) is 18.3. The van der Waals surface area contributed by atoms with E-state index in [0.29, 0.717) is 17.0 Å². The Morgan fingerprint density at radius 1 is 1.30 bits per heavy atom. The molecule has 2 rings (SSSR count). The van der Waals surface area contributed by atoms with Gasteiger partial charge in [0.15, 0.2) is 0 Å². The van der Waals surface area contributed by atoms with Crippen molar-refractivity contribution in [1.29, 1.82) is 0 Å². The molecule has 0 bridgehead atoms. The van der Waals surface area contributed by atoms with Crippen LogP contribution in [0, 0.1) is 0 Å². The van der Waals surface area contributed by atoms with Crippen LogP contribution in [0.3, 0.4) is 0 Å². The van der Waals surface area contributed by atoms with Gasteiger partial charge in [-0.25, -0.2) is 13.1 Å². The van der Waals surface area contributed by atoms with Crippen LogP contribution in [0.4, 0.5) is 0 Å². The fourth-order valence-corrected chi connectivity index (χ4v) is 5.09. The molecule has 20 heavy (non-hydrogen) atoms. The average molecular weight is 314 g/mol. The van der Waals surface area contributed by atoms with Crippen molar-refractivity contribution in [2.45, 2.75) is 41.9 Å². The number of nitrogens with one attached hydrogen (secondary N) is 1. The topological polar surface area (TPSA) is 72.2 Å². The second kappa shape index (κ2) is 6.47. The predicted molar refractivity (Wildman–Crippen MR) is 84.2 cm³/mol. The zero-order valence-corrected chi connectivity index (χ0v) is 13.4. The van der Waals surface area contributed by atoms with Gasteiger partial charge in [0.05, 0.1) is 4.90 Å². The van der Waals surface area contributed by atoms with Crippen molar-refractivity contribution in [2.75, 3.05) is 12.8 Å². The Labute approximate surface area is 125 Å². The maximum absolute atomic E-state index is 12.5. The lowest BCUT2D eigenvalue weighted by atomic mass is 10.1. The lowest BCUT2D eigenvalue weighted by molar-refractivity contribution is 0.550. The Hall–Kier alpha value is -0.560. The van der Waals surface area contributed by atoms with Crippen molar-refractivity contribution >= 4 is 21.8 Å². The fourth-order valence-electron chi connectivity index (χ4n) is 2.71. The monoisotopic (exact) mass is 314 g/mol. The van der Waals surface area contributed by atoms with Crippen molar-refractivity contribution in [3.05, 3.63) is 29.8 Å². The van der Waals surface area contributed by atoms with Crippen LogP contribution in [0.1, 0.15) is 31.2 Å². The van der Waals surface area contributed by atoms with Gasteiger partial charge in [0.2, 0.25) is 10.0 Å². The van der Waals surface area contributed by atoms with Gasteiger partial charge in [-0.3, -0.25) is 0 Å². The third kappa shape index (κ3) is 3.36. The minimum absolute atomic E-state index is 0.0602. The zero-order chi connectivity index (χ0) is 14.6. The molecule has 112 valence electrons. The maximum atomic E-state index is 12.5. The van der Waals surface area contributed by atoms with Crippen molar-refractivity contribution in [3.8, 4) is 0 Å². The van der Waals surface area contributed by atoms with E-state index in [4.69, 9.17) is 5.73 Å². The van der Waals surface area contributed by atoms with Crippen LogP contribution < -0.4 is 10.5 Å². The number of benzene rings is 1. The number of hydrogen-bond acceptors (Lipinski definition) is 4. The van der Waals surface area contributed by atoms with Crippen LogP contribution in [0.5, 0.6) is 0 Å². The third-order valence-electron chi connectivity index (χ3n) is 4.01. The summed E-state index contributed by atoms with van der Waals surface area (Å²) in [4.78, 5) is 0.303. The number of nitrogens with two attached hydrogens (primary N) is 1. The molecule has 1 aromatic rings. The molecule has 1 saturated carbocycles. The number of sulfonamides is 1. The first-order valence-electron chi connectivity index (χ1n) is 6.86. The highest BCUT2D eigenvalue weighted by Crippen LogP contribution is 2.39. The Bertz CT molecular complexity index is 552. The molecule has 4 nitrogen and oxygen atoms in total. The van der Waals surface area contributed by atoms with E-state index in [9.17, 15) is 8.42 Å². The first-order chi connectivity index (χ1) is 9.53. The lowest BCUT2D eigenvalue weighted by Crippen LogP contribution is -2.38. The third-order valence-corrected chi connectivity index (χ3v) is 6.93. The summed E-state index contributed by atoms with van der Waals surface area (Å²) in [5.74, 6) is 0. The summed E-state index contributed by atoms with van der Waals surface area (Å²) in [5.41, 5.74) is 6.28. The molecule has 0 amide bonds. The molecule has 1 aliphatic carbocycles. The molecular weight excluding hydrogens is 292 g/mol. The highest BCUT2D eigenvalue weighted by molar-refractivity contribution is 8.00. The zero-order valence-electron chi connectivity index (χ0n) is 11.8.